The van der Waals surface area contributed by atoms with Crippen molar-refractivity contribution in [2.75, 3.05) is 0 Å². The average molecular weight is 308 g/mol. The van der Waals surface area contributed by atoms with Crippen molar-refractivity contribution in [3.05, 3.63) is 29.0 Å². The lowest BCUT2D eigenvalue weighted by Gasteiger charge is -2.15. The predicted molar refractivity (Wildman–Crippen MR) is 90.9 cm³/mol. The van der Waals surface area contributed by atoms with Gasteiger partial charge in [-0.3, -0.25) is 0 Å². The van der Waals surface area contributed by atoms with Crippen LogP contribution in [0.5, 0.6) is 0 Å². The zero-order valence-electron chi connectivity index (χ0n) is 13.3. The third kappa shape index (κ3) is 3.78. The summed E-state index contributed by atoms with van der Waals surface area (Å²) in [5.74, 6) is 1.59. The Morgan fingerprint density at radius 3 is 2.71 bits per heavy atom. The highest BCUT2D eigenvalue weighted by Crippen LogP contribution is 2.30. The van der Waals surface area contributed by atoms with Crippen molar-refractivity contribution < 1.29 is 0 Å². The summed E-state index contributed by atoms with van der Waals surface area (Å²) in [5, 5.41) is 0.794. The fourth-order valence-electron chi connectivity index (χ4n) is 2.86. The van der Waals surface area contributed by atoms with Crippen molar-refractivity contribution in [3.8, 4) is 0 Å². The lowest BCUT2D eigenvalue weighted by Crippen LogP contribution is -2.15. The zero-order valence-corrected chi connectivity index (χ0v) is 14.0. The zero-order chi connectivity index (χ0) is 15.4. The van der Waals surface area contributed by atoms with Crippen LogP contribution in [-0.2, 0) is 6.54 Å². The number of halogens is 1. The molecule has 0 radical (unpaired) electrons. The van der Waals surface area contributed by atoms with Gasteiger partial charge in [0.25, 0.3) is 0 Å². The molecule has 4 heteroatoms. The molecule has 0 saturated carbocycles. The monoisotopic (exact) mass is 307 g/mol. The van der Waals surface area contributed by atoms with Gasteiger partial charge in [-0.25, -0.2) is 4.98 Å². The van der Waals surface area contributed by atoms with Crippen molar-refractivity contribution in [2.45, 2.75) is 65.0 Å². The second kappa shape index (κ2) is 7.28. The van der Waals surface area contributed by atoms with Gasteiger partial charge in [-0.15, -0.1) is 0 Å². The number of nitrogens with zero attached hydrogens (tertiary/aromatic N) is 2. The molecule has 0 saturated heterocycles. The van der Waals surface area contributed by atoms with Crippen LogP contribution in [0.3, 0.4) is 0 Å². The Balaban J connectivity index is 2.29. The number of nitrogens with two attached hydrogens (primary N) is 1. The summed E-state index contributed by atoms with van der Waals surface area (Å²) in [7, 11) is 0. The summed E-state index contributed by atoms with van der Waals surface area (Å²) < 4.78 is 2.30. The summed E-state index contributed by atoms with van der Waals surface area (Å²) in [6, 6.07) is 6.24. The Bertz CT molecular complexity index is 589. The molecule has 1 aromatic carbocycles. The predicted octanol–water partition coefficient (Wildman–Crippen LogP) is 4.72. The number of fused-ring (bicyclic) bond motifs is 1. The van der Waals surface area contributed by atoms with Gasteiger partial charge < -0.3 is 10.3 Å². The van der Waals surface area contributed by atoms with Crippen LogP contribution in [0, 0.1) is 0 Å². The number of benzene rings is 1. The first-order valence-electron chi connectivity index (χ1n) is 7.94. The average Bonchev–Trinajstić information content (AvgIpc) is 2.79. The second-order valence-corrected chi connectivity index (χ2v) is 6.45. The van der Waals surface area contributed by atoms with Gasteiger partial charge in [-0.05, 0) is 38.3 Å². The molecule has 2 atom stereocenters. The molecule has 0 spiro atoms. The molecule has 1 heterocycles. The summed E-state index contributed by atoms with van der Waals surface area (Å²) >= 11 is 6.38. The van der Waals surface area contributed by atoms with E-state index in [0.717, 1.165) is 54.1 Å². The molecule has 0 fully saturated rings. The van der Waals surface area contributed by atoms with Gasteiger partial charge in [0, 0.05) is 18.5 Å². The molecule has 116 valence electrons. The Morgan fingerprint density at radius 2 is 2.05 bits per heavy atom. The maximum absolute atomic E-state index is 6.38. The number of hydrogen-bond donors (Lipinski definition) is 1. The van der Waals surface area contributed by atoms with E-state index in [0.29, 0.717) is 5.92 Å². The molecule has 2 N–H and O–H groups in total. The van der Waals surface area contributed by atoms with Gasteiger partial charge >= 0.3 is 0 Å². The molecule has 1 aromatic heterocycles. The Labute approximate surface area is 132 Å². The van der Waals surface area contributed by atoms with Crippen LogP contribution in [0.2, 0.25) is 5.02 Å². The van der Waals surface area contributed by atoms with Crippen molar-refractivity contribution >= 4 is 22.6 Å². The Kier molecular flexibility index (Phi) is 5.65. The van der Waals surface area contributed by atoms with Crippen LogP contribution in [0.1, 0.15) is 58.2 Å². The van der Waals surface area contributed by atoms with Crippen LogP contribution in [0.15, 0.2) is 18.2 Å². The van der Waals surface area contributed by atoms with Crippen LogP contribution in [0.4, 0.5) is 0 Å². The number of imidazole rings is 1. The van der Waals surface area contributed by atoms with E-state index in [9.17, 15) is 0 Å². The van der Waals surface area contributed by atoms with E-state index in [1.165, 1.54) is 0 Å². The lowest BCUT2D eigenvalue weighted by molar-refractivity contribution is 0.522. The smallest absolute Gasteiger partial charge is 0.112 e. The molecule has 2 aromatic rings. The molecular weight excluding hydrogens is 282 g/mol. The first-order chi connectivity index (χ1) is 10.0. The van der Waals surface area contributed by atoms with Crippen LogP contribution < -0.4 is 5.73 Å². The van der Waals surface area contributed by atoms with Gasteiger partial charge in [0.1, 0.15) is 5.82 Å². The van der Waals surface area contributed by atoms with Crippen molar-refractivity contribution in [3.63, 3.8) is 0 Å². The quantitative estimate of drug-likeness (QED) is 0.804. The molecule has 0 amide bonds. The summed E-state index contributed by atoms with van der Waals surface area (Å²) in [6.45, 7) is 7.47. The molecular formula is C17H26ClN3. The first-order valence-corrected chi connectivity index (χ1v) is 8.32. The SMILES string of the molecule is CCCn1c(C(C)CCCC(C)N)nc2cccc(Cl)c21. The standard InChI is InChI=1S/C17H26ClN3/c1-4-11-21-16-14(18)9-6-10-15(16)20-17(21)12(2)7-5-8-13(3)19/h6,9-10,12-13H,4-5,7-8,11,19H2,1-3H3. The van der Waals surface area contributed by atoms with Gasteiger partial charge in [0.15, 0.2) is 0 Å². The minimum Gasteiger partial charge on any atom is -0.328 e. The van der Waals surface area contributed by atoms with Crippen LogP contribution in [-0.4, -0.2) is 15.6 Å². The molecule has 2 rings (SSSR count). The van der Waals surface area contributed by atoms with Crippen molar-refractivity contribution in [2.24, 2.45) is 5.73 Å². The van der Waals surface area contributed by atoms with E-state index < -0.39 is 0 Å². The van der Waals surface area contributed by atoms with E-state index in [1.807, 2.05) is 18.2 Å². The lowest BCUT2D eigenvalue weighted by atomic mass is 10.0. The van der Waals surface area contributed by atoms with Crippen molar-refractivity contribution in [1.82, 2.24) is 9.55 Å². The molecule has 0 bridgehead atoms. The highest BCUT2D eigenvalue weighted by Gasteiger charge is 2.17. The van der Waals surface area contributed by atoms with E-state index in [2.05, 4.69) is 25.3 Å². The highest BCUT2D eigenvalue weighted by molar-refractivity contribution is 6.35. The summed E-state index contributed by atoms with van der Waals surface area (Å²) in [4.78, 5) is 4.84. The third-order valence-electron chi connectivity index (χ3n) is 3.93. The van der Waals surface area contributed by atoms with E-state index in [-0.39, 0.29) is 6.04 Å². The minimum atomic E-state index is 0.279. The van der Waals surface area contributed by atoms with E-state index >= 15 is 0 Å². The maximum Gasteiger partial charge on any atom is 0.112 e. The van der Waals surface area contributed by atoms with E-state index in [1.54, 1.807) is 0 Å². The molecule has 0 aliphatic heterocycles. The Morgan fingerprint density at radius 1 is 1.29 bits per heavy atom. The van der Waals surface area contributed by atoms with Gasteiger partial charge in [0.2, 0.25) is 0 Å². The second-order valence-electron chi connectivity index (χ2n) is 6.04. The fraction of sp³-hybridized carbons (Fsp3) is 0.588. The molecule has 21 heavy (non-hydrogen) atoms. The Hall–Kier alpha value is -1.06. The van der Waals surface area contributed by atoms with Crippen molar-refractivity contribution in [1.29, 1.82) is 0 Å². The summed E-state index contributed by atoms with van der Waals surface area (Å²) in [6.07, 6.45) is 4.41. The number of para-hydroxylation sites is 1. The van der Waals surface area contributed by atoms with Crippen LogP contribution in [0.25, 0.3) is 11.0 Å². The number of rotatable bonds is 7. The minimum absolute atomic E-state index is 0.279. The molecule has 3 nitrogen and oxygen atoms in total. The van der Waals surface area contributed by atoms with Gasteiger partial charge in [-0.2, -0.15) is 0 Å². The van der Waals surface area contributed by atoms with Gasteiger partial charge in [0.05, 0.1) is 16.1 Å². The topological polar surface area (TPSA) is 43.8 Å². The van der Waals surface area contributed by atoms with E-state index in [4.69, 9.17) is 22.3 Å². The molecule has 0 aliphatic carbocycles. The normalized spacial score (nSPS) is 14.5. The number of aromatic nitrogens is 2. The largest absolute Gasteiger partial charge is 0.328 e. The molecule has 0 aliphatic rings. The maximum atomic E-state index is 6.38. The van der Waals surface area contributed by atoms with Crippen LogP contribution >= 0.6 is 11.6 Å². The number of aryl methyl sites for hydroxylation is 1. The summed E-state index contributed by atoms with van der Waals surface area (Å²) in [5.41, 5.74) is 7.92. The molecule has 2 unspecified atom stereocenters. The fourth-order valence-corrected chi connectivity index (χ4v) is 3.13. The third-order valence-corrected chi connectivity index (χ3v) is 4.24. The number of hydrogen-bond acceptors (Lipinski definition) is 2. The van der Waals surface area contributed by atoms with Gasteiger partial charge in [-0.1, -0.05) is 37.9 Å². The first kappa shape index (κ1) is 16.3. The highest BCUT2D eigenvalue weighted by atomic mass is 35.5.